The van der Waals surface area contributed by atoms with Crippen LogP contribution in [-0.4, -0.2) is 6.54 Å². The van der Waals surface area contributed by atoms with E-state index >= 15 is 0 Å². The summed E-state index contributed by atoms with van der Waals surface area (Å²) in [5.41, 5.74) is 9.69. The van der Waals surface area contributed by atoms with Crippen LogP contribution in [0.5, 0.6) is 0 Å². The van der Waals surface area contributed by atoms with E-state index in [0.29, 0.717) is 11.6 Å². The average Bonchev–Trinajstić information content (AvgIpc) is 2.46. The van der Waals surface area contributed by atoms with Gasteiger partial charge in [-0.05, 0) is 48.6 Å². The maximum absolute atomic E-state index is 14.5. The molecule has 2 aromatic rings. The highest BCUT2D eigenvalue weighted by atomic mass is 19.1. The molecule has 2 nitrogen and oxygen atoms in total. The van der Waals surface area contributed by atoms with Crippen molar-refractivity contribution < 1.29 is 4.39 Å². The number of hydrogen-bond donors (Lipinski definition) is 1. The van der Waals surface area contributed by atoms with Crippen LogP contribution in [0.25, 0.3) is 0 Å². The van der Waals surface area contributed by atoms with Crippen molar-refractivity contribution in [3.63, 3.8) is 0 Å². The predicted octanol–water partition coefficient (Wildman–Crippen LogP) is 4.18. The van der Waals surface area contributed by atoms with Crippen LogP contribution < -0.4 is 10.6 Å². The van der Waals surface area contributed by atoms with Crippen molar-refractivity contribution in [2.75, 3.05) is 11.4 Å². The second-order valence-corrected chi connectivity index (χ2v) is 6.05. The Kier molecular flexibility index (Phi) is 3.68. The average molecular weight is 284 g/mol. The lowest BCUT2D eigenvalue weighted by atomic mass is 9.93. The summed E-state index contributed by atoms with van der Waals surface area (Å²) < 4.78 is 14.5. The number of para-hydroxylation sites is 1. The summed E-state index contributed by atoms with van der Waals surface area (Å²) >= 11 is 0. The van der Waals surface area contributed by atoms with E-state index in [2.05, 4.69) is 24.0 Å². The molecular weight excluding hydrogens is 263 g/mol. The van der Waals surface area contributed by atoms with Crippen LogP contribution in [-0.2, 0) is 6.42 Å². The molecule has 0 amide bonds. The minimum Gasteiger partial charge on any atom is -0.339 e. The van der Waals surface area contributed by atoms with Crippen molar-refractivity contribution in [2.45, 2.75) is 26.3 Å². The van der Waals surface area contributed by atoms with E-state index in [1.54, 1.807) is 6.07 Å². The van der Waals surface area contributed by atoms with E-state index in [0.717, 1.165) is 24.2 Å². The number of rotatable bonds is 2. The maximum Gasteiger partial charge on any atom is 0.147 e. The van der Waals surface area contributed by atoms with Crippen molar-refractivity contribution in [1.82, 2.24) is 0 Å². The molecule has 0 aromatic heterocycles. The van der Waals surface area contributed by atoms with Gasteiger partial charge in [-0.15, -0.1) is 0 Å². The first-order valence-corrected chi connectivity index (χ1v) is 7.46. The highest BCUT2D eigenvalue weighted by molar-refractivity contribution is 5.68. The molecule has 0 spiro atoms. The lowest BCUT2D eigenvalue weighted by Crippen LogP contribution is -2.31. The molecular formula is C18H21FN2. The van der Waals surface area contributed by atoms with Gasteiger partial charge in [0, 0.05) is 18.3 Å². The van der Waals surface area contributed by atoms with Crippen LogP contribution in [0.4, 0.5) is 15.8 Å². The predicted molar refractivity (Wildman–Crippen MR) is 85.3 cm³/mol. The Labute approximate surface area is 125 Å². The first-order chi connectivity index (χ1) is 10.1. The largest absolute Gasteiger partial charge is 0.339 e. The monoisotopic (exact) mass is 284 g/mol. The molecule has 0 radical (unpaired) electrons. The van der Waals surface area contributed by atoms with Crippen LogP contribution >= 0.6 is 0 Å². The number of nitrogens with zero attached hydrogens (tertiary/aromatic N) is 1. The Bertz CT molecular complexity index is 651. The molecule has 0 saturated carbocycles. The topological polar surface area (TPSA) is 29.3 Å². The number of nitrogens with two attached hydrogens (primary N) is 1. The third-order valence-corrected chi connectivity index (χ3v) is 4.13. The highest BCUT2D eigenvalue weighted by Gasteiger charge is 2.24. The van der Waals surface area contributed by atoms with Crippen molar-refractivity contribution in [2.24, 2.45) is 11.7 Å². The molecule has 1 heterocycles. The summed E-state index contributed by atoms with van der Waals surface area (Å²) in [5, 5.41) is 0. The van der Waals surface area contributed by atoms with Crippen molar-refractivity contribution in [3.05, 3.63) is 59.4 Å². The molecule has 1 aliphatic rings. The summed E-state index contributed by atoms with van der Waals surface area (Å²) in [5.74, 6) is 0.307. The van der Waals surface area contributed by atoms with E-state index in [-0.39, 0.29) is 11.9 Å². The molecule has 0 aliphatic carbocycles. The van der Waals surface area contributed by atoms with Gasteiger partial charge in [-0.1, -0.05) is 31.2 Å². The van der Waals surface area contributed by atoms with Crippen LogP contribution in [0, 0.1) is 11.7 Å². The van der Waals surface area contributed by atoms with Crippen molar-refractivity contribution in [3.8, 4) is 0 Å². The summed E-state index contributed by atoms with van der Waals surface area (Å²) in [6.45, 7) is 4.91. The molecule has 3 heteroatoms. The molecule has 2 N–H and O–H groups in total. The maximum atomic E-state index is 14.5. The molecule has 0 saturated heterocycles. The number of benzene rings is 2. The van der Waals surface area contributed by atoms with E-state index in [1.165, 1.54) is 5.56 Å². The number of fused-ring (bicyclic) bond motifs is 1. The zero-order valence-corrected chi connectivity index (χ0v) is 12.5. The lowest BCUT2D eigenvalue weighted by Gasteiger charge is -2.35. The minimum absolute atomic E-state index is 0.152. The number of hydrogen-bond acceptors (Lipinski definition) is 2. The number of anilines is 2. The van der Waals surface area contributed by atoms with Crippen molar-refractivity contribution >= 4 is 11.4 Å². The van der Waals surface area contributed by atoms with Crippen LogP contribution in [0.15, 0.2) is 42.5 Å². The van der Waals surface area contributed by atoms with Crippen LogP contribution in [0.2, 0.25) is 0 Å². The fourth-order valence-electron chi connectivity index (χ4n) is 3.05. The van der Waals surface area contributed by atoms with E-state index < -0.39 is 0 Å². The SMILES string of the molecule is CC1Cc2ccccc2N(c2ccc([C@H](C)N)cc2F)C1. The smallest absolute Gasteiger partial charge is 0.147 e. The molecule has 1 unspecified atom stereocenters. The summed E-state index contributed by atoms with van der Waals surface area (Å²) in [4.78, 5) is 2.09. The second kappa shape index (κ2) is 5.49. The third kappa shape index (κ3) is 2.66. The normalized spacial score (nSPS) is 19.2. The van der Waals surface area contributed by atoms with Gasteiger partial charge < -0.3 is 10.6 Å². The van der Waals surface area contributed by atoms with Gasteiger partial charge in [0.2, 0.25) is 0 Å². The summed E-state index contributed by atoms with van der Waals surface area (Å²) in [6.07, 6.45) is 1.05. The zero-order valence-electron chi connectivity index (χ0n) is 12.5. The fourth-order valence-corrected chi connectivity index (χ4v) is 3.05. The Hall–Kier alpha value is -1.87. The standard InChI is InChI=1S/C18H21FN2/c1-12-9-15-5-3-4-6-17(15)21(11-12)18-8-7-14(13(2)20)10-16(18)19/h3-8,10,12-13H,9,11,20H2,1-2H3/t12?,13-/m0/s1. The van der Waals surface area contributed by atoms with Gasteiger partial charge in [0.05, 0.1) is 5.69 Å². The Morgan fingerprint density at radius 2 is 1.95 bits per heavy atom. The van der Waals surface area contributed by atoms with Gasteiger partial charge in [-0.2, -0.15) is 0 Å². The summed E-state index contributed by atoms with van der Waals surface area (Å²) in [7, 11) is 0. The zero-order chi connectivity index (χ0) is 15.0. The molecule has 2 atom stereocenters. The van der Waals surface area contributed by atoms with Gasteiger partial charge in [0.25, 0.3) is 0 Å². The van der Waals surface area contributed by atoms with Gasteiger partial charge in [-0.3, -0.25) is 0 Å². The first kappa shape index (κ1) is 14.1. The second-order valence-electron chi connectivity index (χ2n) is 6.05. The lowest BCUT2D eigenvalue weighted by molar-refractivity contribution is 0.551. The molecule has 0 bridgehead atoms. The minimum atomic E-state index is -0.200. The van der Waals surface area contributed by atoms with Crippen LogP contribution in [0.3, 0.4) is 0 Å². The summed E-state index contributed by atoms with van der Waals surface area (Å²) in [6, 6.07) is 13.4. The van der Waals surface area contributed by atoms with Gasteiger partial charge in [0.15, 0.2) is 0 Å². The van der Waals surface area contributed by atoms with Gasteiger partial charge >= 0.3 is 0 Å². The molecule has 21 heavy (non-hydrogen) atoms. The first-order valence-electron chi connectivity index (χ1n) is 7.46. The molecule has 110 valence electrons. The Balaban J connectivity index is 2.04. The van der Waals surface area contributed by atoms with Gasteiger partial charge in [0.1, 0.15) is 5.82 Å². The van der Waals surface area contributed by atoms with Gasteiger partial charge in [-0.25, -0.2) is 4.39 Å². The quantitative estimate of drug-likeness (QED) is 0.896. The third-order valence-electron chi connectivity index (χ3n) is 4.13. The highest BCUT2D eigenvalue weighted by Crippen LogP contribution is 2.36. The Morgan fingerprint density at radius 3 is 2.67 bits per heavy atom. The molecule has 1 aliphatic heterocycles. The molecule has 2 aromatic carbocycles. The molecule has 0 fully saturated rings. The van der Waals surface area contributed by atoms with E-state index in [4.69, 9.17) is 5.73 Å². The fraction of sp³-hybridized carbons (Fsp3) is 0.333. The molecule has 3 rings (SSSR count). The Morgan fingerprint density at radius 1 is 1.19 bits per heavy atom. The van der Waals surface area contributed by atoms with Crippen LogP contribution in [0.1, 0.15) is 31.0 Å². The van der Waals surface area contributed by atoms with Crippen molar-refractivity contribution in [1.29, 1.82) is 0 Å². The van der Waals surface area contributed by atoms with E-state index in [9.17, 15) is 4.39 Å². The van der Waals surface area contributed by atoms with E-state index in [1.807, 2.05) is 31.2 Å². The number of halogens is 1.